The van der Waals surface area contributed by atoms with E-state index in [1.807, 2.05) is 18.2 Å². The highest BCUT2D eigenvalue weighted by Crippen LogP contribution is 2.33. The predicted octanol–water partition coefficient (Wildman–Crippen LogP) is 2.72. The summed E-state index contributed by atoms with van der Waals surface area (Å²) < 4.78 is 0. The minimum absolute atomic E-state index is 0.0263. The molecule has 0 amide bonds. The van der Waals surface area contributed by atoms with Gasteiger partial charge in [0.1, 0.15) is 0 Å². The van der Waals surface area contributed by atoms with Gasteiger partial charge in [0.05, 0.1) is 0 Å². The lowest BCUT2D eigenvalue weighted by Crippen LogP contribution is -1.88. The molecule has 0 bridgehead atoms. The second-order valence-electron chi connectivity index (χ2n) is 2.50. The number of benzene rings is 1. The lowest BCUT2D eigenvalue weighted by atomic mass is 10.1. The SMILES string of the molecule is CCC(PO)c1ccccc1. The number of hydrogen-bond acceptors (Lipinski definition) is 1. The number of rotatable bonds is 3. The summed E-state index contributed by atoms with van der Waals surface area (Å²) in [6.07, 6.45) is 1.01. The maximum absolute atomic E-state index is 9.01. The molecular formula is C9H13OP. The molecule has 0 radical (unpaired) electrons. The average Bonchev–Trinajstić information content (AvgIpc) is 2.09. The minimum atomic E-state index is 0.0263. The highest BCUT2D eigenvalue weighted by atomic mass is 31.1. The molecule has 0 saturated carbocycles. The zero-order valence-electron chi connectivity index (χ0n) is 6.62. The van der Waals surface area contributed by atoms with Crippen LogP contribution >= 0.6 is 8.81 Å². The Morgan fingerprint density at radius 3 is 2.45 bits per heavy atom. The third-order valence-electron chi connectivity index (χ3n) is 1.77. The van der Waals surface area contributed by atoms with E-state index in [0.29, 0.717) is 5.66 Å². The first-order valence-electron chi connectivity index (χ1n) is 3.83. The molecule has 60 valence electrons. The Balaban J connectivity index is 2.74. The molecule has 1 aromatic rings. The lowest BCUT2D eigenvalue weighted by Gasteiger charge is -2.10. The van der Waals surface area contributed by atoms with Gasteiger partial charge in [0.2, 0.25) is 0 Å². The first-order chi connectivity index (χ1) is 5.38. The Kier molecular flexibility index (Phi) is 3.55. The summed E-state index contributed by atoms with van der Waals surface area (Å²) in [6.45, 7) is 2.10. The molecule has 2 heteroatoms. The Hall–Kier alpha value is -0.390. The molecule has 0 aromatic heterocycles. The van der Waals surface area contributed by atoms with Gasteiger partial charge in [-0.2, -0.15) is 0 Å². The summed E-state index contributed by atoms with van der Waals surface area (Å²) >= 11 is 0. The molecular weight excluding hydrogens is 155 g/mol. The van der Waals surface area contributed by atoms with Gasteiger partial charge in [-0.3, -0.25) is 0 Å². The molecule has 0 fully saturated rings. The second-order valence-corrected chi connectivity index (χ2v) is 3.46. The first kappa shape index (κ1) is 8.70. The smallest absolute Gasteiger partial charge is 0.0252 e. The van der Waals surface area contributed by atoms with Gasteiger partial charge in [0.15, 0.2) is 0 Å². The molecule has 2 unspecified atom stereocenters. The normalized spacial score (nSPS) is 14.0. The molecule has 0 aliphatic heterocycles. The molecule has 2 atom stereocenters. The molecule has 0 heterocycles. The summed E-state index contributed by atoms with van der Waals surface area (Å²) in [5, 5.41) is 0. The van der Waals surface area contributed by atoms with Crippen LogP contribution in [0.4, 0.5) is 0 Å². The predicted molar refractivity (Wildman–Crippen MR) is 50.0 cm³/mol. The van der Waals surface area contributed by atoms with Crippen LogP contribution in [0.2, 0.25) is 0 Å². The third kappa shape index (κ3) is 2.28. The van der Waals surface area contributed by atoms with Gasteiger partial charge in [-0.25, -0.2) is 0 Å². The molecule has 1 aromatic carbocycles. The van der Waals surface area contributed by atoms with E-state index in [1.54, 1.807) is 0 Å². The van der Waals surface area contributed by atoms with Gasteiger partial charge in [0, 0.05) is 14.5 Å². The minimum Gasteiger partial charge on any atom is -0.376 e. The standard InChI is InChI=1S/C9H13OP/c1-2-9(11-10)8-6-4-3-5-7-8/h3-7,9-11H,2H2,1H3. The molecule has 0 spiro atoms. The van der Waals surface area contributed by atoms with Crippen LogP contribution in [0, 0.1) is 0 Å². The van der Waals surface area contributed by atoms with Crippen molar-refractivity contribution in [2.75, 3.05) is 0 Å². The Morgan fingerprint density at radius 1 is 1.36 bits per heavy atom. The maximum atomic E-state index is 9.01. The summed E-state index contributed by atoms with van der Waals surface area (Å²) in [5.41, 5.74) is 1.59. The summed E-state index contributed by atoms with van der Waals surface area (Å²) in [5.74, 6) is 0. The van der Waals surface area contributed by atoms with Crippen LogP contribution in [0.1, 0.15) is 24.6 Å². The number of hydrogen-bond donors (Lipinski definition) is 1. The highest BCUT2D eigenvalue weighted by Gasteiger charge is 2.05. The molecule has 1 nitrogen and oxygen atoms in total. The van der Waals surface area contributed by atoms with Crippen LogP contribution in [0.25, 0.3) is 0 Å². The van der Waals surface area contributed by atoms with Crippen molar-refractivity contribution < 1.29 is 4.89 Å². The van der Waals surface area contributed by atoms with E-state index in [2.05, 4.69) is 19.1 Å². The summed E-state index contributed by atoms with van der Waals surface area (Å²) in [7, 11) is 0.0263. The summed E-state index contributed by atoms with van der Waals surface area (Å²) in [4.78, 5) is 9.01. The van der Waals surface area contributed by atoms with E-state index in [1.165, 1.54) is 5.56 Å². The van der Waals surface area contributed by atoms with Gasteiger partial charge < -0.3 is 4.89 Å². The van der Waals surface area contributed by atoms with Gasteiger partial charge in [-0.05, 0) is 12.0 Å². The van der Waals surface area contributed by atoms with Gasteiger partial charge in [0.25, 0.3) is 0 Å². The molecule has 1 rings (SSSR count). The van der Waals surface area contributed by atoms with Crippen molar-refractivity contribution in [1.82, 2.24) is 0 Å². The van der Waals surface area contributed by atoms with Crippen molar-refractivity contribution in [3.8, 4) is 0 Å². The van der Waals surface area contributed by atoms with Crippen LogP contribution in [-0.4, -0.2) is 4.89 Å². The van der Waals surface area contributed by atoms with E-state index in [-0.39, 0.29) is 8.81 Å². The third-order valence-corrected chi connectivity index (χ3v) is 2.82. The van der Waals surface area contributed by atoms with Crippen LogP contribution in [0.3, 0.4) is 0 Å². The molecule has 11 heavy (non-hydrogen) atoms. The van der Waals surface area contributed by atoms with Crippen molar-refractivity contribution in [2.24, 2.45) is 0 Å². The largest absolute Gasteiger partial charge is 0.376 e. The van der Waals surface area contributed by atoms with Crippen molar-refractivity contribution >= 4 is 8.81 Å². The fraction of sp³-hybridized carbons (Fsp3) is 0.333. The fourth-order valence-corrected chi connectivity index (χ4v) is 1.61. The molecule has 0 aliphatic rings. The molecule has 0 saturated heterocycles. The van der Waals surface area contributed by atoms with Crippen LogP contribution in [0.15, 0.2) is 30.3 Å². The fourth-order valence-electron chi connectivity index (χ4n) is 1.09. The van der Waals surface area contributed by atoms with Crippen molar-refractivity contribution in [1.29, 1.82) is 0 Å². The Morgan fingerprint density at radius 2 is 2.00 bits per heavy atom. The van der Waals surface area contributed by atoms with E-state index in [0.717, 1.165) is 6.42 Å². The molecule has 0 aliphatic carbocycles. The zero-order valence-corrected chi connectivity index (χ0v) is 7.62. The Labute approximate surface area is 69.3 Å². The van der Waals surface area contributed by atoms with E-state index in [9.17, 15) is 0 Å². The lowest BCUT2D eigenvalue weighted by molar-refractivity contribution is 0.625. The summed E-state index contributed by atoms with van der Waals surface area (Å²) in [6, 6.07) is 10.2. The van der Waals surface area contributed by atoms with Crippen molar-refractivity contribution in [3.63, 3.8) is 0 Å². The van der Waals surface area contributed by atoms with Crippen LogP contribution < -0.4 is 0 Å². The van der Waals surface area contributed by atoms with Gasteiger partial charge >= 0.3 is 0 Å². The maximum Gasteiger partial charge on any atom is 0.0252 e. The zero-order chi connectivity index (χ0) is 8.10. The second kappa shape index (κ2) is 4.48. The van der Waals surface area contributed by atoms with Gasteiger partial charge in [-0.15, -0.1) is 0 Å². The molecule has 1 N–H and O–H groups in total. The monoisotopic (exact) mass is 168 g/mol. The van der Waals surface area contributed by atoms with Crippen LogP contribution in [0.5, 0.6) is 0 Å². The van der Waals surface area contributed by atoms with Crippen molar-refractivity contribution in [2.45, 2.75) is 19.0 Å². The van der Waals surface area contributed by atoms with Crippen LogP contribution in [-0.2, 0) is 0 Å². The quantitative estimate of drug-likeness (QED) is 0.688. The highest BCUT2D eigenvalue weighted by molar-refractivity contribution is 7.31. The topological polar surface area (TPSA) is 20.2 Å². The average molecular weight is 168 g/mol. The Bertz CT molecular complexity index is 194. The first-order valence-corrected chi connectivity index (χ1v) is 4.85. The van der Waals surface area contributed by atoms with E-state index >= 15 is 0 Å². The van der Waals surface area contributed by atoms with Crippen molar-refractivity contribution in [3.05, 3.63) is 35.9 Å². The van der Waals surface area contributed by atoms with E-state index in [4.69, 9.17) is 4.89 Å². The van der Waals surface area contributed by atoms with E-state index < -0.39 is 0 Å². The van der Waals surface area contributed by atoms with Gasteiger partial charge in [-0.1, -0.05) is 37.3 Å².